The van der Waals surface area contributed by atoms with E-state index in [2.05, 4.69) is 89.8 Å². The van der Waals surface area contributed by atoms with Gasteiger partial charge in [0, 0.05) is 22.9 Å². The largest absolute Gasteiger partial charge is 0.251 e. The predicted molar refractivity (Wildman–Crippen MR) is 198 cm³/mol. The Bertz CT molecular complexity index is 1200. The molecule has 0 saturated carbocycles. The molecule has 3 heteroatoms. The molecule has 0 bridgehead atoms. The van der Waals surface area contributed by atoms with Gasteiger partial charge in [-0.25, -0.2) is 4.99 Å². The second-order valence-corrected chi connectivity index (χ2v) is 12.7. The molecule has 0 amide bonds. The van der Waals surface area contributed by atoms with Crippen molar-refractivity contribution < 1.29 is 16.5 Å². The molecule has 2 rings (SSSR count). The summed E-state index contributed by atoms with van der Waals surface area (Å²) in [6.07, 6.45) is 24.9. The molecule has 0 aliphatic rings. The summed E-state index contributed by atoms with van der Waals surface area (Å²) in [4.78, 5) is 10.2. The third-order valence-corrected chi connectivity index (χ3v) is 8.45. The van der Waals surface area contributed by atoms with Crippen molar-refractivity contribution in [3.8, 4) is 11.8 Å². The number of nitrogens with zero attached hydrogens (tertiary/aromatic N) is 2. The molecule has 0 radical (unpaired) electrons. The first-order chi connectivity index (χ1) is 21.6. The molecule has 0 fully saturated rings. The number of benzene rings is 2. The van der Waals surface area contributed by atoms with Gasteiger partial charge in [0.15, 0.2) is 0 Å². The fraction of sp³-hybridized carbons (Fsp3) is 0.619. The van der Waals surface area contributed by atoms with Crippen molar-refractivity contribution in [2.24, 2.45) is 9.98 Å². The Morgan fingerprint density at radius 2 is 0.933 bits per heavy atom. The molecule has 0 aliphatic carbocycles. The van der Waals surface area contributed by atoms with E-state index in [9.17, 15) is 0 Å². The number of unbranched alkanes of at least 4 members (excludes halogenated alkanes) is 11. The topological polar surface area (TPSA) is 24.7 Å². The van der Waals surface area contributed by atoms with E-state index in [4.69, 9.17) is 9.98 Å². The molecule has 0 heterocycles. The minimum atomic E-state index is 0. The number of aryl methyl sites for hydroxylation is 4. The molecular weight excluding hydrogens is 591 g/mol. The Hall–Kier alpha value is -2.17. The van der Waals surface area contributed by atoms with Crippen molar-refractivity contribution in [1.29, 1.82) is 0 Å². The van der Waals surface area contributed by atoms with Crippen LogP contribution in [0.3, 0.4) is 0 Å². The molecular formula is C42H64N2Ni. The van der Waals surface area contributed by atoms with Crippen LogP contribution in [0.25, 0.3) is 0 Å². The molecule has 0 N–H and O–H groups in total. The minimum absolute atomic E-state index is 0. The van der Waals surface area contributed by atoms with Crippen LogP contribution in [0.4, 0.5) is 11.4 Å². The average Bonchev–Trinajstić information content (AvgIpc) is 3.01. The van der Waals surface area contributed by atoms with Crippen LogP contribution in [0.5, 0.6) is 0 Å². The second-order valence-electron chi connectivity index (χ2n) is 12.7. The van der Waals surface area contributed by atoms with E-state index in [0.717, 1.165) is 74.2 Å². The van der Waals surface area contributed by atoms with Crippen LogP contribution in [0.1, 0.15) is 167 Å². The van der Waals surface area contributed by atoms with Crippen molar-refractivity contribution in [3.05, 3.63) is 58.7 Å². The van der Waals surface area contributed by atoms with E-state index >= 15 is 0 Å². The first kappa shape index (κ1) is 40.9. The van der Waals surface area contributed by atoms with Crippen molar-refractivity contribution >= 4 is 22.8 Å². The first-order valence-corrected chi connectivity index (χ1v) is 18.4. The summed E-state index contributed by atoms with van der Waals surface area (Å²) in [7, 11) is 0. The van der Waals surface area contributed by atoms with E-state index < -0.39 is 0 Å². The van der Waals surface area contributed by atoms with Gasteiger partial charge < -0.3 is 0 Å². The average molecular weight is 656 g/mol. The molecule has 0 atom stereocenters. The van der Waals surface area contributed by atoms with Crippen LogP contribution >= 0.6 is 0 Å². The summed E-state index contributed by atoms with van der Waals surface area (Å²) in [5, 5.41) is 0. The SMILES string of the molecule is CCCCCCCCCCCCCC#CC(=Nc1ccc(CCC)c(CCC)c1)C(C)=Nc1ccc(CCC)c(CCC)c1.[Ni]. The monoisotopic (exact) mass is 654 g/mol. The maximum Gasteiger partial charge on any atom is 0.135 e. The summed E-state index contributed by atoms with van der Waals surface area (Å²) in [6.45, 7) is 13.4. The van der Waals surface area contributed by atoms with E-state index in [1.54, 1.807) is 0 Å². The summed E-state index contributed by atoms with van der Waals surface area (Å²) < 4.78 is 0. The quantitative estimate of drug-likeness (QED) is 0.0522. The van der Waals surface area contributed by atoms with Gasteiger partial charge in [0.2, 0.25) is 0 Å². The van der Waals surface area contributed by atoms with Crippen LogP contribution < -0.4 is 0 Å². The fourth-order valence-corrected chi connectivity index (χ4v) is 5.99. The van der Waals surface area contributed by atoms with Crippen LogP contribution in [-0.4, -0.2) is 11.4 Å². The molecule has 0 aromatic heterocycles. The predicted octanol–water partition coefficient (Wildman–Crippen LogP) is 13.1. The van der Waals surface area contributed by atoms with Crippen LogP contribution in [-0.2, 0) is 42.2 Å². The van der Waals surface area contributed by atoms with Crippen molar-refractivity contribution in [2.45, 2.75) is 170 Å². The zero-order valence-electron chi connectivity index (χ0n) is 29.8. The third kappa shape index (κ3) is 16.8. The number of hydrogen-bond acceptors (Lipinski definition) is 2. The summed E-state index contributed by atoms with van der Waals surface area (Å²) >= 11 is 0. The maximum atomic E-state index is 5.11. The Kier molecular flexibility index (Phi) is 23.6. The second kappa shape index (κ2) is 26.0. The maximum absolute atomic E-state index is 5.11. The molecule has 0 aliphatic heterocycles. The summed E-state index contributed by atoms with van der Waals surface area (Å²) in [6, 6.07) is 13.5. The van der Waals surface area contributed by atoms with E-state index in [-0.39, 0.29) is 16.5 Å². The molecule has 0 unspecified atom stereocenters. The number of aliphatic imine (C=N–C) groups is 2. The Labute approximate surface area is 288 Å². The Morgan fingerprint density at radius 3 is 1.40 bits per heavy atom. The van der Waals surface area contributed by atoms with Gasteiger partial charge >= 0.3 is 0 Å². The van der Waals surface area contributed by atoms with Gasteiger partial charge in [-0.2, -0.15) is 0 Å². The smallest absolute Gasteiger partial charge is 0.135 e. The molecule has 2 aromatic carbocycles. The fourth-order valence-electron chi connectivity index (χ4n) is 5.99. The van der Waals surface area contributed by atoms with Gasteiger partial charge in [0.05, 0.1) is 17.1 Å². The molecule has 2 aromatic rings. The van der Waals surface area contributed by atoms with Gasteiger partial charge in [0.1, 0.15) is 5.71 Å². The van der Waals surface area contributed by atoms with Crippen LogP contribution in [0.15, 0.2) is 46.4 Å². The standard InChI is InChI=1S/C42H64N2.Ni/c1-7-12-13-14-15-16-17-18-19-20-21-22-23-28-42(44-41-32-30-37(25-9-3)39(34-41)27-11-5)35(6)43-40-31-29-36(24-8-2)38(33-40)26-10-4;/h29-34H,7-22,24-27H2,1-6H3;. The molecule has 0 spiro atoms. The van der Waals surface area contributed by atoms with Gasteiger partial charge in [-0.1, -0.05) is 143 Å². The molecule has 0 saturated heterocycles. The number of hydrogen-bond donors (Lipinski definition) is 0. The zero-order chi connectivity index (χ0) is 31.8. The van der Waals surface area contributed by atoms with E-state index in [0.29, 0.717) is 0 Å². The molecule has 2 nitrogen and oxygen atoms in total. The number of rotatable bonds is 22. The van der Waals surface area contributed by atoms with Crippen molar-refractivity contribution in [3.63, 3.8) is 0 Å². The Morgan fingerprint density at radius 1 is 0.511 bits per heavy atom. The summed E-state index contributed by atoms with van der Waals surface area (Å²) in [5.74, 6) is 6.93. The Balaban J connectivity index is 0.0000101. The van der Waals surface area contributed by atoms with Gasteiger partial charge in [-0.15, -0.1) is 0 Å². The third-order valence-electron chi connectivity index (χ3n) is 8.45. The van der Waals surface area contributed by atoms with Crippen LogP contribution in [0.2, 0.25) is 0 Å². The zero-order valence-corrected chi connectivity index (χ0v) is 30.8. The normalized spacial score (nSPS) is 11.7. The molecule has 252 valence electrons. The summed E-state index contributed by atoms with van der Waals surface area (Å²) in [5.41, 5.74) is 9.47. The minimum Gasteiger partial charge on any atom is -0.251 e. The van der Waals surface area contributed by atoms with E-state index in [1.807, 2.05) is 0 Å². The van der Waals surface area contributed by atoms with Gasteiger partial charge in [-0.3, -0.25) is 4.99 Å². The van der Waals surface area contributed by atoms with Crippen LogP contribution in [0, 0.1) is 11.8 Å². The molecule has 45 heavy (non-hydrogen) atoms. The van der Waals surface area contributed by atoms with Gasteiger partial charge in [0.25, 0.3) is 0 Å². The first-order valence-electron chi connectivity index (χ1n) is 18.4. The van der Waals surface area contributed by atoms with E-state index in [1.165, 1.54) is 99.3 Å². The van der Waals surface area contributed by atoms with Crippen molar-refractivity contribution in [1.82, 2.24) is 0 Å². The van der Waals surface area contributed by atoms with Crippen molar-refractivity contribution in [2.75, 3.05) is 0 Å². The van der Waals surface area contributed by atoms with Gasteiger partial charge in [-0.05, 0) is 91.5 Å².